The summed E-state index contributed by atoms with van der Waals surface area (Å²) in [6.07, 6.45) is 7.29. The van der Waals surface area contributed by atoms with Crippen LogP contribution in [0.2, 0.25) is 0 Å². The number of nitrogens with one attached hydrogen (secondary N) is 1. The van der Waals surface area contributed by atoms with Crippen LogP contribution in [0.1, 0.15) is 53.8 Å². The number of amides is 2. The van der Waals surface area contributed by atoms with E-state index in [1.54, 1.807) is 24.5 Å². The zero-order valence-electron chi connectivity index (χ0n) is 15.3. The third kappa shape index (κ3) is 3.90. The predicted octanol–water partition coefficient (Wildman–Crippen LogP) is 4.24. The number of primary amides is 1. The van der Waals surface area contributed by atoms with E-state index < -0.39 is 5.91 Å². The molecule has 2 aromatic heterocycles. The van der Waals surface area contributed by atoms with Crippen LogP contribution >= 0.6 is 11.3 Å². The maximum absolute atomic E-state index is 12.2. The van der Waals surface area contributed by atoms with Gasteiger partial charge in [0.25, 0.3) is 5.91 Å². The summed E-state index contributed by atoms with van der Waals surface area (Å²) < 4.78 is 5.17. The second kappa shape index (κ2) is 7.11. The largest absolute Gasteiger partial charge is 0.465 e. The van der Waals surface area contributed by atoms with Gasteiger partial charge in [0, 0.05) is 11.0 Å². The number of anilines is 1. The Labute approximate surface area is 157 Å². The molecular formula is C20H24N2O3S. The van der Waals surface area contributed by atoms with Crippen molar-refractivity contribution in [2.75, 3.05) is 5.32 Å². The Morgan fingerprint density at radius 1 is 1.38 bits per heavy atom. The van der Waals surface area contributed by atoms with Gasteiger partial charge in [-0.25, -0.2) is 0 Å². The molecule has 0 radical (unpaired) electrons. The average molecular weight is 372 g/mol. The summed E-state index contributed by atoms with van der Waals surface area (Å²) in [4.78, 5) is 25.4. The van der Waals surface area contributed by atoms with Crippen LogP contribution in [-0.2, 0) is 17.6 Å². The van der Waals surface area contributed by atoms with Crippen molar-refractivity contribution in [3.8, 4) is 0 Å². The molecule has 3 N–H and O–H groups in total. The Morgan fingerprint density at radius 2 is 2.15 bits per heavy atom. The number of fused-ring (bicyclic) bond motifs is 1. The second-order valence-corrected chi connectivity index (χ2v) is 8.82. The highest BCUT2D eigenvalue weighted by Crippen LogP contribution is 2.44. The first-order valence-electron chi connectivity index (χ1n) is 8.72. The van der Waals surface area contributed by atoms with Crippen LogP contribution < -0.4 is 11.1 Å². The van der Waals surface area contributed by atoms with Gasteiger partial charge in [-0.15, -0.1) is 11.3 Å². The molecular weight excluding hydrogens is 348 g/mol. The van der Waals surface area contributed by atoms with Gasteiger partial charge in [0.15, 0.2) is 0 Å². The highest BCUT2D eigenvalue weighted by atomic mass is 32.1. The van der Waals surface area contributed by atoms with Crippen LogP contribution in [-0.4, -0.2) is 11.8 Å². The van der Waals surface area contributed by atoms with Gasteiger partial charge in [0.2, 0.25) is 5.91 Å². The normalized spacial score (nSPS) is 17.3. The van der Waals surface area contributed by atoms with Gasteiger partial charge in [-0.05, 0) is 54.4 Å². The molecule has 6 heteroatoms. The minimum absolute atomic E-state index is 0.212. The lowest BCUT2D eigenvalue weighted by molar-refractivity contribution is -0.111. The lowest BCUT2D eigenvalue weighted by Crippen LogP contribution is -2.27. The van der Waals surface area contributed by atoms with Crippen molar-refractivity contribution in [1.82, 2.24) is 0 Å². The van der Waals surface area contributed by atoms with Crippen molar-refractivity contribution in [3.05, 3.63) is 46.2 Å². The van der Waals surface area contributed by atoms with Crippen molar-refractivity contribution in [2.45, 2.75) is 40.0 Å². The van der Waals surface area contributed by atoms with E-state index in [-0.39, 0.29) is 11.3 Å². The zero-order valence-corrected chi connectivity index (χ0v) is 16.1. The first kappa shape index (κ1) is 18.5. The molecule has 0 aliphatic heterocycles. The number of carbonyl (C=O) groups excluding carboxylic acids is 2. The Hall–Kier alpha value is -2.34. The highest BCUT2D eigenvalue weighted by molar-refractivity contribution is 7.17. The Morgan fingerprint density at radius 3 is 2.77 bits per heavy atom. The van der Waals surface area contributed by atoms with Gasteiger partial charge in [0.05, 0.1) is 11.8 Å². The molecule has 1 aliphatic carbocycles. The maximum atomic E-state index is 12.2. The number of nitrogens with two attached hydrogens (primary N) is 1. The Balaban J connectivity index is 1.83. The van der Waals surface area contributed by atoms with Crippen LogP contribution in [0.25, 0.3) is 6.08 Å². The summed E-state index contributed by atoms with van der Waals surface area (Å²) in [7, 11) is 0. The molecule has 0 saturated heterocycles. The first-order chi connectivity index (χ1) is 12.3. The number of carbonyl (C=O) groups is 2. The molecule has 2 aromatic rings. The lowest BCUT2D eigenvalue weighted by Gasteiger charge is -2.33. The van der Waals surface area contributed by atoms with Crippen molar-refractivity contribution in [3.63, 3.8) is 0 Å². The monoisotopic (exact) mass is 372 g/mol. The minimum Gasteiger partial charge on any atom is -0.465 e. The molecule has 138 valence electrons. The third-order valence-electron chi connectivity index (χ3n) is 4.92. The van der Waals surface area contributed by atoms with E-state index in [1.165, 1.54) is 17.4 Å². The van der Waals surface area contributed by atoms with Crippen LogP contribution in [0, 0.1) is 11.3 Å². The van der Waals surface area contributed by atoms with E-state index in [0.717, 1.165) is 29.7 Å². The molecule has 0 bridgehead atoms. The molecule has 1 aliphatic rings. The van der Waals surface area contributed by atoms with Crippen LogP contribution in [0.4, 0.5) is 5.00 Å². The van der Waals surface area contributed by atoms with E-state index in [4.69, 9.17) is 10.2 Å². The fourth-order valence-corrected chi connectivity index (χ4v) is 4.71. The van der Waals surface area contributed by atoms with Gasteiger partial charge in [-0.2, -0.15) is 0 Å². The fraction of sp³-hybridized carbons (Fsp3) is 0.400. The maximum Gasteiger partial charge on any atom is 0.251 e. The fourth-order valence-electron chi connectivity index (χ4n) is 3.37. The molecule has 0 spiro atoms. The number of furan rings is 1. The molecule has 1 atom stereocenters. The quantitative estimate of drug-likeness (QED) is 0.787. The summed E-state index contributed by atoms with van der Waals surface area (Å²) in [6.45, 7) is 6.73. The lowest BCUT2D eigenvalue weighted by atomic mass is 9.72. The van der Waals surface area contributed by atoms with E-state index in [2.05, 4.69) is 26.1 Å². The molecule has 0 fully saturated rings. The van der Waals surface area contributed by atoms with Gasteiger partial charge in [0.1, 0.15) is 10.8 Å². The molecule has 2 heterocycles. The highest BCUT2D eigenvalue weighted by Gasteiger charge is 2.33. The number of hydrogen-bond acceptors (Lipinski definition) is 4. The van der Waals surface area contributed by atoms with Crippen molar-refractivity contribution < 1.29 is 14.0 Å². The second-order valence-electron chi connectivity index (χ2n) is 7.72. The number of hydrogen-bond donors (Lipinski definition) is 2. The summed E-state index contributed by atoms with van der Waals surface area (Å²) >= 11 is 1.47. The van der Waals surface area contributed by atoms with Gasteiger partial charge in [-0.1, -0.05) is 20.8 Å². The number of rotatable bonds is 4. The summed E-state index contributed by atoms with van der Waals surface area (Å²) in [6, 6.07) is 3.51. The van der Waals surface area contributed by atoms with E-state index >= 15 is 0 Å². The van der Waals surface area contributed by atoms with Gasteiger partial charge < -0.3 is 15.5 Å². The molecule has 26 heavy (non-hydrogen) atoms. The summed E-state index contributed by atoms with van der Waals surface area (Å²) in [5, 5.41) is 3.36. The standard InChI is InChI=1S/C20H24N2O3S/c1-20(2,3)12-6-8-14-15(11-12)26-19(17(14)18(21)24)22-16(23)9-7-13-5-4-10-25-13/h4-5,7,9-10,12H,6,8,11H2,1-3H3,(H2,21,24)(H,22,23)/b9-7+. The molecule has 0 aromatic carbocycles. The predicted molar refractivity (Wildman–Crippen MR) is 104 cm³/mol. The smallest absolute Gasteiger partial charge is 0.251 e. The molecule has 3 rings (SSSR count). The Kier molecular flexibility index (Phi) is 5.05. The van der Waals surface area contributed by atoms with E-state index in [1.807, 2.05) is 0 Å². The SMILES string of the molecule is CC(C)(C)C1CCc2c(sc(NC(=O)/C=C/c3ccco3)c2C(N)=O)C1. The molecule has 0 saturated carbocycles. The van der Waals surface area contributed by atoms with Crippen LogP contribution in [0.5, 0.6) is 0 Å². The van der Waals surface area contributed by atoms with Crippen molar-refractivity contribution in [1.29, 1.82) is 0 Å². The topological polar surface area (TPSA) is 85.3 Å². The summed E-state index contributed by atoms with van der Waals surface area (Å²) in [5.74, 6) is 0.349. The summed E-state index contributed by atoms with van der Waals surface area (Å²) in [5.41, 5.74) is 7.30. The van der Waals surface area contributed by atoms with Crippen molar-refractivity contribution in [2.24, 2.45) is 17.1 Å². The molecule has 2 amide bonds. The van der Waals surface area contributed by atoms with Gasteiger partial charge in [-0.3, -0.25) is 9.59 Å². The third-order valence-corrected chi connectivity index (χ3v) is 6.09. The van der Waals surface area contributed by atoms with Crippen LogP contribution in [0.15, 0.2) is 28.9 Å². The number of thiophene rings is 1. The van der Waals surface area contributed by atoms with E-state index in [0.29, 0.717) is 22.2 Å². The van der Waals surface area contributed by atoms with E-state index in [9.17, 15) is 9.59 Å². The molecule has 5 nitrogen and oxygen atoms in total. The zero-order chi connectivity index (χ0) is 18.9. The first-order valence-corrected chi connectivity index (χ1v) is 9.54. The van der Waals surface area contributed by atoms with Crippen LogP contribution in [0.3, 0.4) is 0 Å². The average Bonchev–Trinajstić information content (AvgIpc) is 3.18. The Bertz CT molecular complexity index is 841. The minimum atomic E-state index is -0.484. The van der Waals surface area contributed by atoms with Gasteiger partial charge >= 0.3 is 0 Å². The van der Waals surface area contributed by atoms with Crippen molar-refractivity contribution >= 4 is 34.2 Å². The molecule has 1 unspecified atom stereocenters.